The lowest BCUT2D eigenvalue weighted by molar-refractivity contribution is 0.0696. The van der Waals surface area contributed by atoms with Crippen molar-refractivity contribution in [3.8, 4) is 0 Å². The van der Waals surface area contributed by atoms with Gasteiger partial charge in [0.1, 0.15) is 0 Å². The van der Waals surface area contributed by atoms with E-state index < -0.39 is 5.97 Å². The number of carboxylic acid groups (broad SMARTS) is 1. The third-order valence-corrected chi connectivity index (χ3v) is 3.59. The fourth-order valence-corrected chi connectivity index (χ4v) is 2.50. The van der Waals surface area contributed by atoms with Crippen LogP contribution in [-0.4, -0.2) is 33.9 Å². The zero-order valence-corrected chi connectivity index (χ0v) is 14.2. The largest absolute Gasteiger partial charge is 0.478 e. The molecule has 1 aromatic carbocycles. The fraction of sp³-hybridized carbons (Fsp3) is 0.353. The molecule has 0 radical (unpaired) electrons. The molecule has 0 saturated heterocycles. The van der Waals surface area contributed by atoms with Gasteiger partial charge in [-0.05, 0) is 44.5 Å². The highest BCUT2D eigenvalue weighted by molar-refractivity contribution is 6.05. The number of benzene rings is 1. The first-order valence-electron chi connectivity index (χ1n) is 7.55. The second kappa shape index (κ2) is 7.27. The van der Waals surface area contributed by atoms with Gasteiger partial charge in [-0.25, -0.2) is 4.79 Å². The van der Waals surface area contributed by atoms with E-state index in [4.69, 9.17) is 4.74 Å². The van der Waals surface area contributed by atoms with Gasteiger partial charge < -0.3 is 15.2 Å². The van der Waals surface area contributed by atoms with Crippen molar-refractivity contribution in [2.75, 3.05) is 12.4 Å². The number of carbonyl (C=O) groups excluding carboxylic acids is 1. The Morgan fingerprint density at radius 3 is 2.58 bits per heavy atom. The molecule has 0 bridgehead atoms. The quantitative estimate of drug-likeness (QED) is 0.849. The van der Waals surface area contributed by atoms with E-state index >= 15 is 0 Å². The molecule has 128 valence electrons. The zero-order valence-electron chi connectivity index (χ0n) is 14.2. The van der Waals surface area contributed by atoms with Gasteiger partial charge in [-0.2, -0.15) is 5.10 Å². The smallest absolute Gasteiger partial charge is 0.335 e. The zero-order chi connectivity index (χ0) is 17.9. The van der Waals surface area contributed by atoms with Crippen molar-refractivity contribution in [3.63, 3.8) is 0 Å². The van der Waals surface area contributed by atoms with Crippen LogP contribution in [0.25, 0.3) is 0 Å². The lowest BCUT2D eigenvalue weighted by atomic mass is 10.1. The summed E-state index contributed by atoms with van der Waals surface area (Å²) in [6, 6.07) is 4.77. The number of aromatic carboxylic acids is 1. The number of carbonyl (C=O) groups is 2. The average Bonchev–Trinajstić information content (AvgIpc) is 2.89. The summed E-state index contributed by atoms with van der Waals surface area (Å²) in [7, 11) is 1.52. The molecule has 1 aromatic heterocycles. The van der Waals surface area contributed by atoms with Gasteiger partial charge in [0, 0.05) is 24.5 Å². The van der Waals surface area contributed by atoms with Crippen LogP contribution in [-0.2, 0) is 11.3 Å². The highest BCUT2D eigenvalue weighted by Crippen LogP contribution is 2.19. The van der Waals surface area contributed by atoms with Crippen LogP contribution >= 0.6 is 0 Å². The third kappa shape index (κ3) is 3.80. The van der Waals surface area contributed by atoms with E-state index in [9.17, 15) is 14.7 Å². The molecule has 0 aliphatic rings. The molecule has 24 heavy (non-hydrogen) atoms. The summed E-state index contributed by atoms with van der Waals surface area (Å²) >= 11 is 0. The summed E-state index contributed by atoms with van der Waals surface area (Å²) in [5.74, 6) is -1.39. The van der Waals surface area contributed by atoms with Crippen molar-refractivity contribution < 1.29 is 19.4 Å². The molecule has 2 aromatic rings. The van der Waals surface area contributed by atoms with E-state index in [0.717, 1.165) is 5.69 Å². The molecule has 7 heteroatoms. The maximum absolute atomic E-state index is 12.5. The lowest BCUT2D eigenvalue weighted by Crippen LogP contribution is -2.14. The summed E-state index contributed by atoms with van der Waals surface area (Å²) in [5, 5.41) is 16.1. The van der Waals surface area contributed by atoms with Gasteiger partial charge in [-0.3, -0.25) is 9.48 Å². The van der Waals surface area contributed by atoms with Gasteiger partial charge in [0.15, 0.2) is 0 Å². The SMILES string of the molecule is COCc1cc(NC(=O)c2cnn(C(C)C)c2C)cc(C(=O)O)c1. The van der Waals surface area contributed by atoms with Crippen LogP contribution in [0.5, 0.6) is 0 Å². The Kier molecular flexibility index (Phi) is 5.35. The molecule has 0 saturated carbocycles. The molecule has 0 fully saturated rings. The molecule has 0 atom stereocenters. The number of amides is 1. The molecule has 7 nitrogen and oxygen atoms in total. The second-order valence-electron chi connectivity index (χ2n) is 5.79. The van der Waals surface area contributed by atoms with Gasteiger partial charge in [-0.15, -0.1) is 0 Å². The van der Waals surface area contributed by atoms with Crippen LogP contribution < -0.4 is 5.32 Å². The monoisotopic (exact) mass is 331 g/mol. The second-order valence-corrected chi connectivity index (χ2v) is 5.79. The Morgan fingerprint density at radius 2 is 2.04 bits per heavy atom. The normalized spacial score (nSPS) is 10.9. The van der Waals surface area contributed by atoms with Crippen LogP contribution in [0.4, 0.5) is 5.69 Å². The van der Waals surface area contributed by atoms with Crippen molar-refractivity contribution in [2.45, 2.75) is 33.4 Å². The summed E-state index contributed by atoms with van der Waals surface area (Å²) in [5.41, 5.74) is 2.38. The number of anilines is 1. The van der Waals surface area contributed by atoms with E-state index in [1.807, 2.05) is 20.8 Å². The van der Waals surface area contributed by atoms with Gasteiger partial charge in [-0.1, -0.05) is 0 Å². The van der Waals surface area contributed by atoms with Crippen LogP contribution in [0.3, 0.4) is 0 Å². The number of carboxylic acids is 1. The Labute approximate surface area is 140 Å². The molecular formula is C17H21N3O4. The number of hydrogen-bond donors (Lipinski definition) is 2. The minimum absolute atomic E-state index is 0.0921. The topological polar surface area (TPSA) is 93.5 Å². The fourth-order valence-electron chi connectivity index (χ4n) is 2.50. The molecule has 2 N–H and O–H groups in total. The first-order chi connectivity index (χ1) is 11.3. The van der Waals surface area contributed by atoms with Gasteiger partial charge >= 0.3 is 5.97 Å². The van der Waals surface area contributed by atoms with Gasteiger partial charge in [0.2, 0.25) is 0 Å². The number of hydrogen-bond acceptors (Lipinski definition) is 4. The van der Waals surface area contributed by atoms with Crippen LogP contribution in [0.15, 0.2) is 24.4 Å². The Hall–Kier alpha value is -2.67. The predicted molar refractivity (Wildman–Crippen MR) is 89.4 cm³/mol. The summed E-state index contributed by atoms with van der Waals surface area (Å²) in [6.45, 7) is 6.05. The van der Waals surface area contributed by atoms with Crippen LogP contribution in [0.1, 0.15) is 51.9 Å². The average molecular weight is 331 g/mol. The van der Waals surface area contributed by atoms with E-state index in [-0.39, 0.29) is 24.1 Å². The van der Waals surface area contributed by atoms with E-state index in [2.05, 4.69) is 10.4 Å². The first-order valence-corrected chi connectivity index (χ1v) is 7.55. The standard InChI is InChI=1S/C17H21N3O4/c1-10(2)20-11(3)15(8-18-20)16(21)19-14-6-12(9-24-4)5-13(7-14)17(22)23/h5-8,10H,9H2,1-4H3,(H,19,21)(H,22,23). The number of aromatic nitrogens is 2. The van der Waals surface area contributed by atoms with Crippen LogP contribution in [0.2, 0.25) is 0 Å². The number of nitrogens with one attached hydrogen (secondary N) is 1. The number of nitrogens with zero attached hydrogens (tertiary/aromatic N) is 2. The summed E-state index contributed by atoms with van der Waals surface area (Å²) in [6.07, 6.45) is 1.52. The van der Waals surface area contributed by atoms with Crippen LogP contribution in [0, 0.1) is 6.92 Å². The molecule has 2 rings (SSSR count). The molecule has 0 spiro atoms. The molecule has 1 amide bonds. The first kappa shape index (κ1) is 17.7. The van der Waals surface area contributed by atoms with E-state index in [1.54, 1.807) is 10.7 Å². The number of ether oxygens (including phenoxy) is 1. The highest BCUT2D eigenvalue weighted by atomic mass is 16.5. The lowest BCUT2D eigenvalue weighted by Gasteiger charge is -2.10. The Morgan fingerprint density at radius 1 is 1.33 bits per heavy atom. The molecule has 0 aliphatic heterocycles. The Bertz CT molecular complexity index is 765. The highest BCUT2D eigenvalue weighted by Gasteiger charge is 2.17. The molecular weight excluding hydrogens is 310 g/mol. The minimum atomic E-state index is -1.06. The van der Waals surface area contributed by atoms with Crippen molar-refractivity contribution in [2.24, 2.45) is 0 Å². The maximum atomic E-state index is 12.5. The molecule has 0 aliphatic carbocycles. The van der Waals surface area contributed by atoms with E-state index in [1.165, 1.54) is 25.4 Å². The summed E-state index contributed by atoms with van der Waals surface area (Å²) < 4.78 is 6.80. The summed E-state index contributed by atoms with van der Waals surface area (Å²) in [4.78, 5) is 23.7. The third-order valence-electron chi connectivity index (χ3n) is 3.59. The minimum Gasteiger partial charge on any atom is -0.478 e. The van der Waals surface area contributed by atoms with Gasteiger partial charge in [0.25, 0.3) is 5.91 Å². The van der Waals surface area contributed by atoms with Crippen molar-refractivity contribution in [1.82, 2.24) is 9.78 Å². The number of methoxy groups -OCH3 is 1. The molecule has 1 heterocycles. The van der Waals surface area contributed by atoms with Gasteiger partial charge in [0.05, 0.1) is 23.9 Å². The van der Waals surface area contributed by atoms with Crippen molar-refractivity contribution in [1.29, 1.82) is 0 Å². The van der Waals surface area contributed by atoms with E-state index in [0.29, 0.717) is 16.8 Å². The maximum Gasteiger partial charge on any atom is 0.335 e. The number of rotatable bonds is 6. The Balaban J connectivity index is 2.29. The van der Waals surface area contributed by atoms with Crippen molar-refractivity contribution in [3.05, 3.63) is 46.8 Å². The van der Waals surface area contributed by atoms with Crippen molar-refractivity contribution >= 4 is 17.6 Å². The predicted octanol–water partition coefficient (Wildman–Crippen LogP) is 2.87. The molecule has 0 unspecified atom stereocenters.